The Balaban J connectivity index is 1.52. The molecule has 3 fully saturated rings. The lowest BCUT2D eigenvalue weighted by Crippen LogP contribution is -2.50. The number of piperazine rings is 1. The molecule has 0 unspecified atom stereocenters. The summed E-state index contributed by atoms with van der Waals surface area (Å²) in [6, 6.07) is 0.640. The molecule has 0 radical (unpaired) electrons. The Kier molecular flexibility index (Phi) is 9.05. The van der Waals surface area contributed by atoms with Crippen LogP contribution in [-0.4, -0.2) is 78.7 Å². The second-order valence-electron chi connectivity index (χ2n) is 9.96. The number of urea groups is 1. The van der Waals surface area contributed by atoms with Crippen molar-refractivity contribution < 1.29 is 14.3 Å². The lowest BCUT2D eigenvalue weighted by Gasteiger charge is -2.41. The molecule has 1 aromatic rings. The van der Waals surface area contributed by atoms with E-state index in [0.29, 0.717) is 29.5 Å². The molecule has 9 heteroatoms. The molecule has 0 atom stereocenters. The van der Waals surface area contributed by atoms with Crippen molar-refractivity contribution in [2.45, 2.75) is 89.6 Å². The summed E-state index contributed by atoms with van der Waals surface area (Å²) < 4.78 is 5.20. The Hall–Kier alpha value is -1.87. The van der Waals surface area contributed by atoms with Gasteiger partial charge in [-0.05, 0) is 39.7 Å². The van der Waals surface area contributed by atoms with Gasteiger partial charge in [-0.1, -0.05) is 49.9 Å². The van der Waals surface area contributed by atoms with Crippen LogP contribution in [-0.2, 0) is 16.0 Å². The molecule has 1 aliphatic heterocycles. The van der Waals surface area contributed by atoms with Crippen LogP contribution in [0.2, 0.25) is 0 Å². The van der Waals surface area contributed by atoms with E-state index in [2.05, 4.69) is 27.1 Å². The van der Waals surface area contributed by atoms with Crippen molar-refractivity contribution in [2.75, 3.05) is 50.1 Å². The number of rotatable bonds is 7. The molecule has 0 aromatic carbocycles. The maximum Gasteiger partial charge on any atom is 0.324 e. The minimum absolute atomic E-state index is 0.0137. The molecule has 4 rings (SSSR count). The lowest BCUT2D eigenvalue weighted by atomic mass is 9.89. The topological polar surface area (TPSA) is 78.0 Å². The molecule has 0 bridgehead atoms. The van der Waals surface area contributed by atoms with Crippen LogP contribution in [0.1, 0.15) is 76.8 Å². The third-order valence-electron chi connectivity index (χ3n) is 7.47. The largest absolute Gasteiger partial charge is 0.466 e. The fraction of sp³-hybridized carbons (Fsp3) is 0.800. The number of likely N-dealkylation sites (N-methyl/N-ethyl adjacent to an activating group) is 1. The molecular formula is C25H41N5O3S. The lowest BCUT2D eigenvalue weighted by molar-refractivity contribution is -0.142. The van der Waals surface area contributed by atoms with Gasteiger partial charge in [0, 0.05) is 38.3 Å². The molecule has 2 amide bonds. The number of nitrogens with zero attached hydrogens (tertiary/aromatic N) is 4. The van der Waals surface area contributed by atoms with Crippen molar-refractivity contribution in [3.63, 3.8) is 0 Å². The molecule has 190 valence electrons. The Labute approximate surface area is 208 Å². The van der Waals surface area contributed by atoms with Crippen LogP contribution in [0.3, 0.4) is 0 Å². The number of hydrogen-bond acceptors (Lipinski definition) is 7. The first-order valence-electron chi connectivity index (χ1n) is 13.2. The average Bonchev–Trinajstić information content (AvgIpc) is 3.23. The molecule has 34 heavy (non-hydrogen) atoms. The van der Waals surface area contributed by atoms with E-state index < -0.39 is 0 Å². The average molecular weight is 492 g/mol. The number of hydrogen-bond donors (Lipinski definition) is 1. The van der Waals surface area contributed by atoms with Gasteiger partial charge in [0.15, 0.2) is 5.13 Å². The summed E-state index contributed by atoms with van der Waals surface area (Å²) in [5.74, 6) is -0.271. The number of ether oxygens (including phenoxy) is 1. The number of amides is 2. The Morgan fingerprint density at radius 3 is 2.15 bits per heavy atom. The molecule has 2 saturated carbocycles. The van der Waals surface area contributed by atoms with E-state index in [9.17, 15) is 9.59 Å². The highest BCUT2D eigenvalue weighted by atomic mass is 32.1. The van der Waals surface area contributed by atoms with Crippen molar-refractivity contribution in [1.29, 1.82) is 0 Å². The van der Waals surface area contributed by atoms with Crippen molar-refractivity contribution in [3.05, 3.63) is 5.69 Å². The van der Waals surface area contributed by atoms with Crippen LogP contribution in [0.15, 0.2) is 0 Å². The number of carbonyl (C=O) groups is 2. The quantitative estimate of drug-likeness (QED) is 0.566. The van der Waals surface area contributed by atoms with Crippen LogP contribution >= 0.6 is 11.3 Å². The predicted octanol–water partition coefficient (Wildman–Crippen LogP) is 4.50. The predicted molar refractivity (Wildman–Crippen MR) is 137 cm³/mol. The van der Waals surface area contributed by atoms with Crippen LogP contribution in [0, 0.1) is 0 Å². The van der Waals surface area contributed by atoms with Gasteiger partial charge in [0.2, 0.25) is 0 Å². The van der Waals surface area contributed by atoms with Crippen LogP contribution in [0.4, 0.5) is 14.9 Å². The van der Waals surface area contributed by atoms with Gasteiger partial charge >= 0.3 is 12.0 Å². The Morgan fingerprint density at radius 1 is 1.00 bits per heavy atom. The van der Waals surface area contributed by atoms with Crippen LogP contribution in [0.5, 0.6) is 0 Å². The number of esters is 1. The van der Waals surface area contributed by atoms with Crippen LogP contribution in [0.25, 0.3) is 0 Å². The Morgan fingerprint density at radius 2 is 1.59 bits per heavy atom. The van der Waals surface area contributed by atoms with E-state index in [1.807, 2.05) is 6.92 Å². The van der Waals surface area contributed by atoms with Crippen molar-refractivity contribution >= 4 is 33.5 Å². The van der Waals surface area contributed by atoms with Gasteiger partial charge in [0.25, 0.3) is 0 Å². The fourth-order valence-corrected chi connectivity index (χ4v) is 6.65. The molecular weight excluding hydrogens is 450 g/mol. The number of anilines is 2. The highest BCUT2D eigenvalue weighted by molar-refractivity contribution is 7.19. The molecule has 1 aromatic heterocycles. The second-order valence-corrected chi connectivity index (χ2v) is 10.9. The normalized spacial score (nSPS) is 20.8. The molecule has 1 N–H and O–H groups in total. The Bertz CT molecular complexity index is 793. The third kappa shape index (κ3) is 6.42. The summed E-state index contributed by atoms with van der Waals surface area (Å²) in [7, 11) is 2.13. The maximum atomic E-state index is 13.6. The van der Waals surface area contributed by atoms with E-state index >= 15 is 0 Å². The minimum atomic E-state index is -0.271. The smallest absolute Gasteiger partial charge is 0.324 e. The zero-order valence-corrected chi connectivity index (χ0v) is 21.7. The number of carbonyl (C=O) groups excluding carboxylic acids is 2. The minimum Gasteiger partial charge on any atom is -0.466 e. The highest BCUT2D eigenvalue weighted by Crippen LogP contribution is 2.35. The van der Waals surface area contributed by atoms with E-state index in [0.717, 1.165) is 56.9 Å². The molecule has 3 aliphatic rings. The molecule has 2 aliphatic carbocycles. The number of thiazole rings is 1. The number of aromatic nitrogens is 1. The first kappa shape index (κ1) is 25.2. The van der Waals surface area contributed by atoms with Crippen molar-refractivity contribution in [1.82, 2.24) is 14.8 Å². The fourth-order valence-electron chi connectivity index (χ4n) is 5.62. The van der Waals surface area contributed by atoms with Gasteiger partial charge < -0.3 is 19.4 Å². The molecule has 0 spiro atoms. The van der Waals surface area contributed by atoms with Crippen molar-refractivity contribution in [3.8, 4) is 0 Å². The van der Waals surface area contributed by atoms with Gasteiger partial charge in [-0.25, -0.2) is 9.78 Å². The number of nitrogens with one attached hydrogen (secondary N) is 1. The van der Waals surface area contributed by atoms with Gasteiger partial charge in [-0.2, -0.15) is 0 Å². The summed E-state index contributed by atoms with van der Waals surface area (Å²) in [5, 5.41) is 4.73. The van der Waals surface area contributed by atoms with Gasteiger partial charge in [0.05, 0.1) is 18.7 Å². The van der Waals surface area contributed by atoms with E-state index in [4.69, 9.17) is 9.72 Å². The van der Waals surface area contributed by atoms with Gasteiger partial charge in [0.1, 0.15) is 5.00 Å². The van der Waals surface area contributed by atoms with Gasteiger partial charge in [-0.15, -0.1) is 0 Å². The summed E-state index contributed by atoms with van der Waals surface area (Å²) in [4.78, 5) is 37.4. The monoisotopic (exact) mass is 491 g/mol. The molecule has 8 nitrogen and oxygen atoms in total. The summed E-state index contributed by atoms with van der Waals surface area (Å²) in [5.41, 5.74) is 0.713. The first-order valence-corrected chi connectivity index (χ1v) is 14.0. The van der Waals surface area contributed by atoms with E-state index in [1.165, 1.54) is 49.9 Å². The first-order chi connectivity index (χ1) is 16.5. The molecule has 2 heterocycles. The van der Waals surface area contributed by atoms with Gasteiger partial charge in [-0.3, -0.25) is 10.1 Å². The zero-order valence-electron chi connectivity index (χ0n) is 20.9. The SMILES string of the molecule is CCOC(=O)Cc1nc(NC(=O)N(C2CCCCC2)C2CCCCC2)sc1N1CCN(C)CC1. The van der Waals surface area contributed by atoms with Crippen molar-refractivity contribution in [2.24, 2.45) is 0 Å². The third-order valence-corrected chi connectivity index (χ3v) is 8.54. The van der Waals surface area contributed by atoms with E-state index in [1.54, 1.807) is 0 Å². The summed E-state index contributed by atoms with van der Waals surface area (Å²) in [6.07, 6.45) is 11.9. The van der Waals surface area contributed by atoms with E-state index in [-0.39, 0.29) is 18.4 Å². The summed E-state index contributed by atoms with van der Waals surface area (Å²) in [6.45, 7) is 5.88. The van der Waals surface area contributed by atoms with Crippen LogP contribution < -0.4 is 10.2 Å². The highest BCUT2D eigenvalue weighted by Gasteiger charge is 2.33. The second kappa shape index (κ2) is 12.2. The zero-order chi connectivity index (χ0) is 23.9. The summed E-state index contributed by atoms with van der Waals surface area (Å²) >= 11 is 1.50. The standard InChI is InChI=1S/C25H41N5O3S/c1-3-33-22(31)18-21-23(29-16-14-28(2)15-17-29)34-24(26-21)27-25(32)30(19-10-6-4-7-11-19)20-12-8-5-9-13-20/h19-20H,3-18H2,1-2H3,(H,26,27,32). The molecule has 1 saturated heterocycles. The maximum absolute atomic E-state index is 13.6.